The van der Waals surface area contributed by atoms with Crippen molar-refractivity contribution >= 4 is 29.0 Å². The van der Waals surface area contributed by atoms with Gasteiger partial charge in [-0.15, -0.1) is 0 Å². The Labute approximate surface area is 138 Å². The number of carbonyl (C=O) groups excluding carboxylic acids is 3. The van der Waals surface area contributed by atoms with Gasteiger partial charge in [-0.3, -0.25) is 14.9 Å². The Bertz CT molecular complexity index is 692. The summed E-state index contributed by atoms with van der Waals surface area (Å²) in [5.74, 6) is -0.822. The SMILES string of the molecule is CCCNC(=O)NC(=O)COC(=O)CCc1nc2ccccc2o1. The fraction of sp³-hybridized carbons (Fsp3) is 0.375. The number of carbonyl (C=O) groups is 3. The monoisotopic (exact) mass is 333 g/mol. The normalized spacial score (nSPS) is 10.4. The number of nitrogens with one attached hydrogen (secondary N) is 2. The zero-order valence-corrected chi connectivity index (χ0v) is 13.3. The molecule has 0 saturated heterocycles. The van der Waals surface area contributed by atoms with E-state index in [-0.39, 0.29) is 12.8 Å². The molecule has 0 spiro atoms. The van der Waals surface area contributed by atoms with Crippen molar-refractivity contribution in [2.45, 2.75) is 26.2 Å². The number of hydrogen-bond donors (Lipinski definition) is 2. The van der Waals surface area contributed by atoms with Gasteiger partial charge in [0.05, 0.1) is 6.42 Å². The van der Waals surface area contributed by atoms with E-state index in [1.54, 1.807) is 6.07 Å². The zero-order chi connectivity index (χ0) is 17.4. The van der Waals surface area contributed by atoms with E-state index in [4.69, 9.17) is 9.15 Å². The van der Waals surface area contributed by atoms with Crippen molar-refractivity contribution < 1.29 is 23.5 Å². The molecule has 2 rings (SSSR count). The first-order chi connectivity index (χ1) is 11.6. The molecule has 0 unspecified atom stereocenters. The average molecular weight is 333 g/mol. The van der Waals surface area contributed by atoms with E-state index in [1.807, 2.05) is 25.1 Å². The highest BCUT2D eigenvalue weighted by molar-refractivity contribution is 5.95. The van der Waals surface area contributed by atoms with E-state index in [9.17, 15) is 14.4 Å². The molecule has 0 atom stereocenters. The van der Waals surface area contributed by atoms with Gasteiger partial charge in [-0.05, 0) is 18.6 Å². The largest absolute Gasteiger partial charge is 0.456 e. The summed E-state index contributed by atoms with van der Waals surface area (Å²) < 4.78 is 10.3. The van der Waals surface area contributed by atoms with Crippen molar-refractivity contribution in [2.24, 2.45) is 0 Å². The second kappa shape index (κ2) is 8.66. The molecular weight excluding hydrogens is 314 g/mol. The van der Waals surface area contributed by atoms with Crippen molar-refractivity contribution in [3.05, 3.63) is 30.2 Å². The summed E-state index contributed by atoms with van der Waals surface area (Å²) in [7, 11) is 0. The topological polar surface area (TPSA) is 111 Å². The Morgan fingerprint density at radius 1 is 1.25 bits per heavy atom. The van der Waals surface area contributed by atoms with Crippen LogP contribution in [-0.2, 0) is 20.7 Å². The number of fused-ring (bicyclic) bond motifs is 1. The van der Waals surface area contributed by atoms with Gasteiger partial charge in [0.1, 0.15) is 5.52 Å². The van der Waals surface area contributed by atoms with Crippen LogP contribution in [0.4, 0.5) is 4.79 Å². The molecule has 1 aromatic carbocycles. The van der Waals surface area contributed by atoms with Gasteiger partial charge in [0, 0.05) is 13.0 Å². The first-order valence-electron chi connectivity index (χ1n) is 7.66. The van der Waals surface area contributed by atoms with Gasteiger partial charge in [0.2, 0.25) is 0 Å². The summed E-state index contributed by atoms with van der Waals surface area (Å²) in [5, 5.41) is 4.54. The number of benzene rings is 1. The van der Waals surface area contributed by atoms with E-state index < -0.39 is 24.5 Å². The van der Waals surface area contributed by atoms with Gasteiger partial charge in [-0.25, -0.2) is 9.78 Å². The van der Waals surface area contributed by atoms with E-state index >= 15 is 0 Å². The maximum Gasteiger partial charge on any atom is 0.321 e. The predicted octanol–water partition coefficient (Wildman–Crippen LogP) is 1.54. The van der Waals surface area contributed by atoms with E-state index in [0.717, 1.165) is 11.9 Å². The summed E-state index contributed by atoms with van der Waals surface area (Å²) >= 11 is 0. The lowest BCUT2D eigenvalue weighted by Gasteiger charge is -2.06. The van der Waals surface area contributed by atoms with Crippen LogP contribution in [0.3, 0.4) is 0 Å². The molecule has 128 valence electrons. The van der Waals surface area contributed by atoms with E-state index in [0.29, 0.717) is 18.0 Å². The maximum absolute atomic E-state index is 11.6. The molecule has 1 aromatic heterocycles. The van der Waals surface area contributed by atoms with Crippen LogP contribution in [0.5, 0.6) is 0 Å². The van der Waals surface area contributed by atoms with Gasteiger partial charge in [0.25, 0.3) is 5.91 Å². The van der Waals surface area contributed by atoms with Gasteiger partial charge < -0.3 is 14.5 Å². The molecule has 0 aliphatic rings. The van der Waals surface area contributed by atoms with E-state index in [1.165, 1.54) is 0 Å². The number of hydrogen-bond acceptors (Lipinski definition) is 6. The first kappa shape index (κ1) is 17.5. The van der Waals surface area contributed by atoms with Crippen LogP contribution in [-0.4, -0.2) is 36.0 Å². The Morgan fingerprint density at radius 2 is 2.04 bits per heavy atom. The van der Waals surface area contributed by atoms with Crippen LogP contribution in [0, 0.1) is 0 Å². The number of para-hydroxylation sites is 2. The number of aryl methyl sites for hydroxylation is 1. The standard InChI is InChI=1S/C16H19N3O5/c1-2-9-17-16(22)19-13(20)10-23-15(21)8-7-14-18-11-5-3-4-6-12(11)24-14/h3-6H,2,7-10H2,1H3,(H2,17,19,20,22). The number of rotatable bonds is 7. The van der Waals surface area contributed by atoms with Crippen molar-refractivity contribution in [3.8, 4) is 0 Å². The molecule has 24 heavy (non-hydrogen) atoms. The lowest BCUT2D eigenvalue weighted by molar-refractivity contribution is -0.148. The van der Waals surface area contributed by atoms with Gasteiger partial charge in [0.15, 0.2) is 18.1 Å². The third-order valence-corrected chi connectivity index (χ3v) is 3.03. The van der Waals surface area contributed by atoms with Crippen LogP contribution in [0.15, 0.2) is 28.7 Å². The second-order valence-electron chi connectivity index (χ2n) is 5.04. The number of nitrogens with zero attached hydrogens (tertiary/aromatic N) is 1. The highest BCUT2D eigenvalue weighted by Crippen LogP contribution is 2.15. The molecule has 0 saturated carbocycles. The summed E-state index contributed by atoms with van der Waals surface area (Å²) in [6.07, 6.45) is 1.06. The van der Waals surface area contributed by atoms with Crippen LogP contribution >= 0.6 is 0 Å². The predicted molar refractivity (Wildman–Crippen MR) is 85.1 cm³/mol. The zero-order valence-electron chi connectivity index (χ0n) is 13.3. The third-order valence-electron chi connectivity index (χ3n) is 3.03. The van der Waals surface area contributed by atoms with Crippen LogP contribution in [0.2, 0.25) is 0 Å². The van der Waals surface area contributed by atoms with Crippen molar-refractivity contribution in [1.29, 1.82) is 0 Å². The van der Waals surface area contributed by atoms with Crippen molar-refractivity contribution in [3.63, 3.8) is 0 Å². The molecule has 0 aliphatic heterocycles. The molecule has 3 amide bonds. The number of imide groups is 1. The highest BCUT2D eigenvalue weighted by atomic mass is 16.5. The number of urea groups is 1. The summed E-state index contributed by atoms with van der Waals surface area (Å²) in [5.41, 5.74) is 1.37. The highest BCUT2D eigenvalue weighted by Gasteiger charge is 2.12. The maximum atomic E-state index is 11.6. The molecule has 8 heteroatoms. The van der Waals surface area contributed by atoms with Crippen molar-refractivity contribution in [1.82, 2.24) is 15.6 Å². The van der Waals surface area contributed by atoms with Crippen LogP contribution in [0.1, 0.15) is 25.7 Å². The molecule has 0 bridgehead atoms. The van der Waals surface area contributed by atoms with Crippen LogP contribution in [0.25, 0.3) is 11.1 Å². The smallest absolute Gasteiger partial charge is 0.321 e. The molecule has 8 nitrogen and oxygen atoms in total. The number of esters is 1. The average Bonchev–Trinajstić information content (AvgIpc) is 2.99. The van der Waals surface area contributed by atoms with Gasteiger partial charge in [-0.1, -0.05) is 19.1 Å². The minimum Gasteiger partial charge on any atom is -0.456 e. The summed E-state index contributed by atoms with van der Waals surface area (Å²) in [6.45, 7) is 1.84. The summed E-state index contributed by atoms with van der Waals surface area (Å²) in [6, 6.07) is 6.68. The Morgan fingerprint density at radius 3 is 2.79 bits per heavy atom. The lowest BCUT2D eigenvalue weighted by atomic mass is 10.3. The fourth-order valence-electron chi connectivity index (χ4n) is 1.90. The molecule has 1 heterocycles. The van der Waals surface area contributed by atoms with Crippen LogP contribution < -0.4 is 10.6 Å². The second-order valence-corrected chi connectivity index (χ2v) is 5.04. The van der Waals surface area contributed by atoms with E-state index in [2.05, 4.69) is 15.6 Å². The number of ether oxygens (including phenoxy) is 1. The Balaban J connectivity index is 1.69. The lowest BCUT2D eigenvalue weighted by Crippen LogP contribution is -2.41. The minimum absolute atomic E-state index is 0.0299. The Hall–Kier alpha value is -2.90. The number of aromatic nitrogens is 1. The third kappa shape index (κ3) is 5.38. The minimum atomic E-state index is -0.682. The quantitative estimate of drug-likeness (QED) is 0.744. The van der Waals surface area contributed by atoms with Crippen molar-refractivity contribution in [2.75, 3.05) is 13.2 Å². The van der Waals surface area contributed by atoms with Gasteiger partial charge in [-0.2, -0.15) is 0 Å². The first-order valence-corrected chi connectivity index (χ1v) is 7.66. The molecule has 0 radical (unpaired) electrons. The number of amides is 3. The molecular formula is C16H19N3O5. The molecule has 2 aromatic rings. The van der Waals surface area contributed by atoms with Gasteiger partial charge >= 0.3 is 12.0 Å². The number of oxazole rings is 1. The molecule has 2 N–H and O–H groups in total. The molecule has 0 fully saturated rings. The molecule has 0 aliphatic carbocycles. The fourth-order valence-corrected chi connectivity index (χ4v) is 1.90. The summed E-state index contributed by atoms with van der Waals surface area (Å²) in [4.78, 5) is 38.5. The Kier molecular flexibility index (Phi) is 6.30.